The smallest absolute Gasteiger partial charge is 0.491 e. The molecule has 2 aromatic carbocycles. The van der Waals surface area contributed by atoms with Crippen molar-refractivity contribution in [2.75, 3.05) is 25.0 Å². The van der Waals surface area contributed by atoms with Gasteiger partial charge in [-0.3, -0.25) is 11.0 Å². The number of halogens is 3. The Morgan fingerprint density at radius 2 is 2.06 bits per heavy atom. The number of fused-ring (bicyclic) bond motifs is 1. The molecule has 0 aromatic heterocycles. The number of nitrogens with one attached hydrogen (secondary N) is 1. The van der Waals surface area contributed by atoms with Gasteiger partial charge in [-0.15, -0.1) is 5.69 Å². The largest absolute Gasteiger partial charge is 2.00 e. The van der Waals surface area contributed by atoms with E-state index in [0.717, 1.165) is 24.3 Å². The molecule has 1 N–H and O–H groups in total. The number of hydrogen-bond acceptors (Lipinski definition) is 5. The Hall–Kier alpha value is -2.53. The fraction of sp³-hybridized carbons (Fsp3) is 0.364. The van der Waals surface area contributed by atoms with Crippen LogP contribution in [0.5, 0.6) is 5.75 Å². The Morgan fingerprint density at radius 1 is 1.26 bits per heavy atom. The van der Waals surface area contributed by atoms with E-state index in [4.69, 9.17) is 4.74 Å². The van der Waals surface area contributed by atoms with E-state index in [0.29, 0.717) is 18.8 Å². The summed E-state index contributed by atoms with van der Waals surface area (Å²) in [6.45, 7) is 1.82. The zero-order valence-corrected chi connectivity index (χ0v) is 17.5. The molecular weight excluding hydrogens is 448 g/mol. The summed E-state index contributed by atoms with van der Waals surface area (Å²) in [4.78, 5) is 5.67. The molecule has 0 spiro atoms. The molecule has 2 aliphatic rings. The molecule has 5 nitrogen and oxygen atoms in total. The first-order valence-electron chi connectivity index (χ1n) is 9.62. The summed E-state index contributed by atoms with van der Waals surface area (Å²) >= 11 is 0. The van der Waals surface area contributed by atoms with E-state index in [9.17, 15) is 18.4 Å². The van der Waals surface area contributed by atoms with Gasteiger partial charge in [0.1, 0.15) is 12.4 Å². The summed E-state index contributed by atoms with van der Waals surface area (Å²) in [6.07, 6.45) is -2.64. The number of nitrogens with zero attached hydrogens (tertiary/aromatic N) is 3. The van der Waals surface area contributed by atoms with E-state index in [1.54, 1.807) is 12.1 Å². The van der Waals surface area contributed by atoms with Gasteiger partial charge in [-0.1, -0.05) is 24.4 Å². The fourth-order valence-corrected chi connectivity index (χ4v) is 3.96. The third-order valence-electron chi connectivity index (χ3n) is 5.36. The maximum Gasteiger partial charge on any atom is 2.00 e. The summed E-state index contributed by atoms with van der Waals surface area (Å²) in [7, 11) is 0. The summed E-state index contributed by atoms with van der Waals surface area (Å²) < 4.78 is 43.7. The Labute approximate surface area is 189 Å². The molecule has 0 aliphatic carbocycles. The quantitative estimate of drug-likeness (QED) is 0.412. The summed E-state index contributed by atoms with van der Waals surface area (Å²) in [6, 6.07) is 17.2. The minimum absolute atomic E-state index is 0. The van der Waals surface area contributed by atoms with E-state index in [2.05, 4.69) is 27.3 Å². The van der Waals surface area contributed by atoms with Gasteiger partial charge in [-0.2, -0.15) is 42.3 Å². The van der Waals surface area contributed by atoms with Crippen LogP contribution < -0.4 is 10.1 Å². The number of anilines is 1. The molecule has 2 heterocycles. The number of likely N-dealkylation sites (tertiary alicyclic amines) is 1. The van der Waals surface area contributed by atoms with Crippen LogP contribution in [0, 0.1) is 23.3 Å². The van der Waals surface area contributed by atoms with Crippen LogP contribution >= 0.6 is 0 Å². The molecule has 0 unspecified atom stereocenters. The van der Waals surface area contributed by atoms with Gasteiger partial charge in [0.25, 0.3) is 0 Å². The molecule has 3 atom stereocenters. The number of ether oxygens (including phenoxy) is 1. The third kappa shape index (κ3) is 5.40. The minimum Gasteiger partial charge on any atom is -0.491 e. The van der Waals surface area contributed by atoms with Crippen LogP contribution in [0.2, 0.25) is 0 Å². The normalized spacial score (nSPS) is 23.5. The van der Waals surface area contributed by atoms with Gasteiger partial charge in [0, 0.05) is 18.7 Å². The summed E-state index contributed by atoms with van der Waals surface area (Å²) in [5.74, 6) is 0.698. The molecule has 4 rings (SSSR count). The second-order valence-corrected chi connectivity index (χ2v) is 7.30. The third-order valence-corrected chi connectivity index (χ3v) is 5.36. The van der Waals surface area contributed by atoms with E-state index in [1.807, 2.05) is 24.3 Å². The topological polar surface area (TPSA) is 60.7 Å². The number of nitriles is 1. The zero-order chi connectivity index (χ0) is 21.1. The monoisotopic (exact) mass is 467 g/mol. The van der Waals surface area contributed by atoms with E-state index >= 15 is 0 Å². The Balaban J connectivity index is 0.00000272. The molecular formula is C22H19F3MnN4O. The minimum atomic E-state index is -4.63. The van der Waals surface area contributed by atoms with Crippen LogP contribution in [0.15, 0.2) is 47.5 Å². The maximum absolute atomic E-state index is 12.6. The average Bonchev–Trinajstić information content (AvgIpc) is 3.22. The Morgan fingerprint density at radius 3 is 2.81 bits per heavy atom. The van der Waals surface area contributed by atoms with Gasteiger partial charge >= 0.3 is 23.2 Å². The second-order valence-electron chi connectivity index (χ2n) is 7.30. The van der Waals surface area contributed by atoms with Crippen LogP contribution in [0.3, 0.4) is 0 Å². The Kier molecular flexibility index (Phi) is 7.26. The molecule has 1 saturated heterocycles. The number of rotatable bonds is 4. The second kappa shape index (κ2) is 9.73. The van der Waals surface area contributed by atoms with Crippen LogP contribution in [-0.4, -0.2) is 43.0 Å². The van der Waals surface area contributed by atoms with Gasteiger partial charge in [0.05, 0.1) is 24.1 Å². The van der Waals surface area contributed by atoms with Crippen LogP contribution in [0.25, 0.3) is 0 Å². The van der Waals surface area contributed by atoms with E-state index in [1.165, 1.54) is 12.3 Å². The van der Waals surface area contributed by atoms with Crippen molar-refractivity contribution >= 4 is 17.6 Å². The number of aliphatic imine (C=N–C) groups is 1. The maximum atomic E-state index is 12.6. The molecule has 31 heavy (non-hydrogen) atoms. The first-order valence-corrected chi connectivity index (χ1v) is 9.62. The molecule has 0 saturated carbocycles. The molecule has 1 fully saturated rings. The van der Waals surface area contributed by atoms with Crippen molar-refractivity contribution in [3.8, 4) is 11.8 Å². The predicted octanol–water partition coefficient (Wildman–Crippen LogP) is 4.39. The number of alkyl halides is 3. The fourth-order valence-electron chi connectivity index (χ4n) is 3.96. The van der Waals surface area contributed by atoms with Crippen molar-refractivity contribution in [3.05, 3.63) is 54.1 Å². The van der Waals surface area contributed by atoms with Crippen molar-refractivity contribution in [2.45, 2.75) is 24.7 Å². The molecule has 2 aromatic rings. The van der Waals surface area contributed by atoms with Crippen LogP contribution in [-0.2, 0) is 17.1 Å². The molecule has 2 aliphatic heterocycles. The van der Waals surface area contributed by atoms with Gasteiger partial charge in [0.2, 0.25) is 0 Å². The van der Waals surface area contributed by atoms with Gasteiger partial charge < -0.3 is 15.0 Å². The zero-order valence-electron chi connectivity index (χ0n) is 16.4. The van der Waals surface area contributed by atoms with Gasteiger partial charge in [-0.05, 0) is 12.5 Å². The van der Waals surface area contributed by atoms with Crippen LogP contribution in [0.1, 0.15) is 18.0 Å². The predicted molar refractivity (Wildman–Crippen MR) is 106 cm³/mol. The standard InChI is InChI=1S/C22H19F3N4O.Mn/c23-22(24,25)14-27-17-6-2-3-7-18(17)28-21-16-5-1-4-8-20(16)30-13-19(21)29-10-9-15(11-26)12-29;/h1-5,7-8,15,19,21,28H,9-10,12-13H2;/q-2;+2/t15-,19+,21+;/m1./s1. The van der Waals surface area contributed by atoms with Gasteiger partial charge in [0.15, 0.2) is 0 Å². The average molecular weight is 467 g/mol. The molecule has 161 valence electrons. The first kappa shape index (κ1) is 23.1. The van der Waals surface area contributed by atoms with Crippen molar-refractivity contribution < 1.29 is 35.0 Å². The van der Waals surface area contributed by atoms with Gasteiger partial charge in [-0.25, -0.2) is 0 Å². The number of benzene rings is 2. The number of para-hydroxylation sites is 2. The summed E-state index contributed by atoms with van der Waals surface area (Å²) in [5.41, 5.74) is 1.37. The SMILES string of the molecule is N#C[C@H]1CCN([C@H]2COc3ccccc3[C@@H]2Nc2ccc[c-]c2N=[C-]C(F)(F)F)C1.[Mn+2]. The molecule has 9 heteroatoms. The number of hydrogen-bond donors (Lipinski definition) is 1. The Bertz CT molecular complexity index is 976. The first-order chi connectivity index (χ1) is 14.4. The van der Waals surface area contributed by atoms with E-state index < -0.39 is 6.18 Å². The van der Waals surface area contributed by atoms with Crippen molar-refractivity contribution in [3.63, 3.8) is 0 Å². The van der Waals surface area contributed by atoms with Crippen molar-refractivity contribution in [1.82, 2.24) is 4.90 Å². The molecule has 0 bridgehead atoms. The van der Waals surface area contributed by atoms with Crippen molar-refractivity contribution in [2.24, 2.45) is 10.9 Å². The van der Waals surface area contributed by atoms with Crippen molar-refractivity contribution in [1.29, 1.82) is 5.26 Å². The molecule has 1 radical (unpaired) electrons. The van der Waals surface area contributed by atoms with Crippen LogP contribution in [0.4, 0.5) is 24.5 Å². The summed E-state index contributed by atoms with van der Waals surface area (Å²) in [5, 5.41) is 12.6. The molecule has 0 amide bonds. The van der Waals surface area contributed by atoms with E-state index in [-0.39, 0.29) is 40.8 Å².